The molecule has 4 fully saturated rings. The van der Waals surface area contributed by atoms with E-state index in [4.69, 9.17) is 4.74 Å². The Morgan fingerprint density at radius 1 is 0.500 bits per heavy atom. The molecule has 498 valence electrons. The van der Waals surface area contributed by atoms with E-state index in [1.54, 1.807) is 31.0 Å². The summed E-state index contributed by atoms with van der Waals surface area (Å²) in [5.41, 5.74) is 3.83. The summed E-state index contributed by atoms with van der Waals surface area (Å²) in [6, 6.07) is 24.5. The van der Waals surface area contributed by atoms with Crippen LogP contribution in [-0.2, 0) is 11.8 Å². The summed E-state index contributed by atoms with van der Waals surface area (Å²) in [6.45, 7) is 55.3. The Labute approximate surface area is 529 Å². The van der Waals surface area contributed by atoms with Crippen molar-refractivity contribution >= 4 is 5.69 Å². The van der Waals surface area contributed by atoms with Crippen molar-refractivity contribution in [1.29, 1.82) is 0 Å². The highest BCUT2D eigenvalue weighted by atomic mass is 16.5. The van der Waals surface area contributed by atoms with E-state index in [0.717, 1.165) is 32.2 Å². The Bertz CT molecular complexity index is 1520. The molecule has 8 rings (SSSR count). The third-order valence-electron chi connectivity index (χ3n) is 11.1. The molecule has 4 aromatic rings. The summed E-state index contributed by atoms with van der Waals surface area (Å²) < 4.78 is 6.99. The van der Waals surface area contributed by atoms with Gasteiger partial charge in [-0.1, -0.05) is 223 Å². The topological polar surface area (TPSA) is 59.4 Å². The lowest BCUT2D eigenvalue weighted by Crippen LogP contribution is -2.42. The number of rotatable bonds is 5. The molecule has 0 amide bonds. The lowest BCUT2D eigenvalue weighted by Gasteiger charge is -2.28. The molecular formula is C74H151N9O. The number of aryl methyl sites for hydroxylation is 3. The number of ether oxygens (including phenoxy) is 1. The smallest absolute Gasteiger partial charge is 0.0943 e. The summed E-state index contributed by atoms with van der Waals surface area (Å²) in [5, 5.41) is 0. The molecule has 4 aliphatic rings. The second kappa shape index (κ2) is 87.9. The zero-order chi connectivity index (χ0) is 65.2. The van der Waals surface area contributed by atoms with Crippen LogP contribution in [0.5, 0.6) is 0 Å². The number of benzene rings is 2. The molecule has 10 heteroatoms. The van der Waals surface area contributed by atoms with Gasteiger partial charge in [0, 0.05) is 90.9 Å². The van der Waals surface area contributed by atoms with E-state index in [-0.39, 0.29) is 7.43 Å². The number of unbranched alkanes of at least 4 members (excludes halogenated alkanes) is 2. The van der Waals surface area contributed by atoms with Crippen LogP contribution in [0.4, 0.5) is 5.69 Å². The van der Waals surface area contributed by atoms with Crippen LogP contribution in [0.25, 0.3) is 0 Å². The predicted molar refractivity (Wildman–Crippen MR) is 389 cm³/mol. The van der Waals surface area contributed by atoms with Crippen molar-refractivity contribution in [1.82, 2.24) is 39.0 Å². The van der Waals surface area contributed by atoms with Crippen molar-refractivity contribution in [3.8, 4) is 0 Å². The molecule has 0 unspecified atom stereocenters. The van der Waals surface area contributed by atoms with E-state index in [1.165, 1.54) is 146 Å². The number of hydrogen-bond donors (Lipinski definition) is 0. The minimum atomic E-state index is 0. The second-order valence-electron chi connectivity index (χ2n) is 20.9. The van der Waals surface area contributed by atoms with Gasteiger partial charge in [-0.15, -0.1) is 6.58 Å². The third-order valence-corrected chi connectivity index (χ3v) is 11.1. The van der Waals surface area contributed by atoms with Gasteiger partial charge in [0.1, 0.15) is 0 Å². The first kappa shape index (κ1) is 99.1. The van der Waals surface area contributed by atoms with Crippen LogP contribution in [0.15, 0.2) is 117 Å². The van der Waals surface area contributed by atoms with E-state index < -0.39 is 0 Å². The number of aromatic nitrogens is 3. The minimum absolute atomic E-state index is 0. The van der Waals surface area contributed by atoms with Crippen molar-refractivity contribution in [2.24, 2.45) is 13.0 Å². The Balaban J connectivity index is -0.000000104. The number of para-hydroxylation sites is 1. The fourth-order valence-electron chi connectivity index (χ4n) is 6.43. The molecule has 0 N–H and O–H groups in total. The van der Waals surface area contributed by atoms with E-state index in [1.807, 2.05) is 136 Å². The zero-order valence-electron chi connectivity index (χ0n) is 60.6. The highest BCUT2D eigenvalue weighted by molar-refractivity contribution is 5.43. The summed E-state index contributed by atoms with van der Waals surface area (Å²) in [4.78, 5) is 21.5. The van der Waals surface area contributed by atoms with Crippen molar-refractivity contribution in [3.05, 3.63) is 128 Å². The SMILES string of the molecule is C.C=CC.CC.CC.CC.CCC.CCC.CCCC(C)C.CCCCC.CN(C)c1ccccc1.CN1CCCC1.CN1CCCCC1.CN1CCN(C)CC1.CN1CCOCC1.Cc1ccccc1.Cc1ccncc1.Cn1ccnc1. The normalized spacial score (nSPS) is 13.6. The molecule has 10 nitrogen and oxygen atoms in total. The third kappa shape index (κ3) is 97.2. The van der Waals surface area contributed by atoms with Gasteiger partial charge in [-0.05, 0) is 144 Å². The number of pyridine rings is 1. The summed E-state index contributed by atoms with van der Waals surface area (Å²) in [7, 11) is 16.8. The van der Waals surface area contributed by atoms with Crippen molar-refractivity contribution in [3.63, 3.8) is 0 Å². The number of hydrogen-bond acceptors (Lipinski definition) is 9. The van der Waals surface area contributed by atoms with E-state index in [9.17, 15) is 0 Å². The van der Waals surface area contributed by atoms with Gasteiger partial charge < -0.3 is 38.7 Å². The quantitative estimate of drug-likeness (QED) is 0.182. The number of allylic oxidation sites excluding steroid dienone is 1. The molecule has 0 saturated carbocycles. The van der Waals surface area contributed by atoms with Gasteiger partial charge in [-0.2, -0.15) is 0 Å². The average Bonchev–Trinajstić information content (AvgIpc) is 4.20. The maximum absolute atomic E-state index is 5.10. The fraction of sp³-hybridized carbons (Fsp3) is 0.703. The highest BCUT2D eigenvalue weighted by Gasteiger charge is 2.08. The highest BCUT2D eigenvalue weighted by Crippen LogP contribution is 2.08. The average molecular weight is 1180 g/mol. The van der Waals surface area contributed by atoms with Gasteiger partial charge >= 0.3 is 0 Å². The molecule has 0 spiro atoms. The first-order valence-electron chi connectivity index (χ1n) is 33.0. The van der Waals surface area contributed by atoms with Gasteiger partial charge in [0.2, 0.25) is 0 Å². The van der Waals surface area contributed by atoms with Crippen molar-refractivity contribution in [2.45, 2.75) is 209 Å². The summed E-state index contributed by atoms with van der Waals surface area (Å²) >= 11 is 0. The van der Waals surface area contributed by atoms with Crippen LogP contribution in [-0.4, -0.2) is 167 Å². The van der Waals surface area contributed by atoms with Crippen LogP contribution >= 0.6 is 0 Å². The molecule has 6 heterocycles. The largest absolute Gasteiger partial charge is 0.379 e. The molecule has 0 radical (unpaired) electrons. The van der Waals surface area contributed by atoms with E-state index >= 15 is 0 Å². The van der Waals surface area contributed by atoms with Crippen molar-refractivity contribution in [2.75, 3.05) is 133 Å². The van der Waals surface area contributed by atoms with Crippen molar-refractivity contribution < 1.29 is 4.74 Å². The number of piperazine rings is 1. The molecule has 0 bridgehead atoms. The Kier molecular flexibility index (Phi) is 104. The number of anilines is 1. The molecule has 0 atom stereocenters. The zero-order valence-corrected chi connectivity index (χ0v) is 60.6. The first-order chi connectivity index (χ1) is 39.9. The summed E-state index contributed by atoms with van der Waals surface area (Å²) in [6.07, 6.45) is 27.1. The van der Waals surface area contributed by atoms with Gasteiger partial charge in [0.05, 0.1) is 19.5 Å². The predicted octanol–water partition coefficient (Wildman–Crippen LogP) is 19.6. The molecule has 4 saturated heterocycles. The first-order valence-corrected chi connectivity index (χ1v) is 33.0. The Morgan fingerprint density at radius 2 is 0.833 bits per heavy atom. The van der Waals surface area contributed by atoms with Gasteiger partial charge in [0.15, 0.2) is 0 Å². The van der Waals surface area contributed by atoms with Crippen LogP contribution in [0.3, 0.4) is 0 Å². The molecule has 2 aromatic carbocycles. The minimum Gasteiger partial charge on any atom is -0.379 e. The number of morpholine rings is 1. The van der Waals surface area contributed by atoms with E-state index in [2.05, 4.69) is 175 Å². The molecule has 84 heavy (non-hydrogen) atoms. The lowest BCUT2D eigenvalue weighted by molar-refractivity contribution is 0.0503. The van der Waals surface area contributed by atoms with Crippen LogP contribution in [0, 0.1) is 19.8 Å². The monoisotopic (exact) mass is 1180 g/mol. The number of likely N-dealkylation sites (N-methyl/N-ethyl adjacent to an activating group) is 3. The maximum atomic E-state index is 5.10. The molecule has 2 aromatic heterocycles. The lowest BCUT2D eigenvalue weighted by atomic mass is 10.1. The Morgan fingerprint density at radius 3 is 0.988 bits per heavy atom. The van der Waals surface area contributed by atoms with Gasteiger partial charge in [0.25, 0.3) is 0 Å². The molecular weight excluding hydrogens is 1030 g/mol. The molecule has 0 aliphatic carbocycles. The van der Waals surface area contributed by atoms with Gasteiger partial charge in [-0.3, -0.25) is 4.98 Å². The number of imidazole rings is 1. The van der Waals surface area contributed by atoms with Crippen LogP contribution < -0.4 is 4.90 Å². The van der Waals surface area contributed by atoms with Crippen LogP contribution in [0.1, 0.15) is 206 Å². The number of piperidine rings is 1. The number of likely N-dealkylation sites (tertiary alicyclic amines) is 2. The maximum Gasteiger partial charge on any atom is 0.0943 e. The Hall–Kier alpha value is -3.90. The fourth-order valence-corrected chi connectivity index (χ4v) is 6.43. The number of nitrogens with zero attached hydrogens (tertiary/aromatic N) is 9. The van der Waals surface area contributed by atoms with Gasteiger partial charge in [-0.25, -0.2) is 4.98 Å². The summed E-state index contributed by atoms with van der Waals surface area (Å²) in [5.74, 6) is 0.898. The van der Waals surface area contributed by atoms with Crippen LogP contribution in [0.2, 0.25) is 0 Å². The second-order valence-corrected chi connectivity index (χ2v) is 20.9. The standard InChI is InChI=1S/C8H11N.C7H8.C6H14N2.C6H7N.C6H13N.C6H14.C5H11NO.C5H11N.C5H12.C4H6N2.2C3H8.C3H6.3C2H6.CH4/c1-9(2)8-6-4-3-5-7-8;1-7-5-3-2-4-6-7;1-7-3-5-8(2)6-4-7;1-6-2-4-7-5-3-6;1-7-5-3-2-4-6-7;1-4-5-6(2)3;1-6-2-4-7-5-3-6;1-6-4-2-3-5-6;1-3-5-4-2;1-6-3-2-5-4-6;3*1-3-2;3*1-2;/h3-7H,1-2H3;2-6H,1H3;3-6H2,1-2H3;2-5H,1H3;2-6H2,1H3;6H,4-5H2,1-3H3;2-5H2,1H3;2-5H2,1H3;3-5H2,1-2H3;2-4H,1H3;2*3H2,1-2H3;3H,1H2,2H3;3*1-2H3;1H4. The molecule has 4 aliphatic heterocycles. The van der Waals surface area contributed by atoms with E-state index in [0.29, 0.717) is 0 Å².